The Morgan fingerprint density at radius 3 is 2.61 bits per heavy atom. The zero-order valence-corrected chi connectivity index (χ0v) is 12.2. The van der Waals surface area contributed by atoms with Crippen molar-refractivity contribution in [3.63, 3.8) is 0 Å². The van der Waals surface area contributed by atoms with Crippen molar-refractivity contribution in [1.82, 2.24) is 10.1 Å². The van der Waals surface area contributed by atoms with Crippen LogP contribution in [0.4, 0.5) is 0 Å². The van der Waals surface area contributed by atoms with E-state index < -0.39 is 5.54 Å². The SMILES string of the molecule is CCC(N)(CC)c1noc(-c2scc(C)c2Cl)n1. The topological polar surface area (TPSA) is 64.9 Å². The average molecular weight is 286 g/mol. The van der Waals surface area contributed by atoms with Crippen LogP contribution in [0.5, 0.6) is 0 Å². The Bertz CT molecular complexity index is 545. The second-order valence-electron chi connectivity index (χ2n) is 4.35. The minimum atomic E-state index is -0.527. The largest absolute Gasteiger partial charge is 0.333 e. The van der Waals surface area contributed by atoms with E-state index >= 15 is 0 Å². The van der Waals surface area contributed by atoms with E-state index in [0.29, 0.717) is 16.7 Å². The Kier molecular flexibility index (Phi) is 3.75. The third-order valence-electron chi connectivity index (χ3n) is 3.23. The molecule has 98 valence electrons. The van der Waals surface area contributed by atoms with Gasteiger partial charge in [0.25, 0.3) is 5.89 Å². The number of thiophene rings is 1. The first-order chi connectivity index (χ1) is 8.51. The molecule has 0 spiro atoms. The molecule has 0 amide bonds. The second-order valence-corrected chi connectivity index (χ2v) is 5.61. The number of hydrogen-bond donors (Lipinski definition) is 1. The predicted molar refractivity (Wildman–Crippen MR) is 73.8 cm³/mol. The summed E-state index contributed by atoms with van der Waals surface area (Å²) in [5.41, 5.74) is 6.73. The Balaban J connectivity index is 2.39. The molecule has 6 heteroatoms. The van der Waals surface area contributed by atoms with Gasteiger partial charge in [0.15, 0.2) is 5.82 Å². The fourth-order valence-electron chi connectivity index (χ4n) is 1.66. The highest BCUT2D eigenvalue weighted by Gasteiger charge is 2.29. The van der Waals surface area contributed by atoms with Crippen LogP contribution in [0, 0.1) is 6.92 Å². The molecule has 0 unspecified atom stereocenters. The molecule has 0 saturated carbocycles. The van der Waals surface area contributed by atoms with Crippen molar-refractivity contribution in [2.24, 2.45) is 5.73 Å². The molecule has 2 aromatic rings. The van der Waals surface area contributed by atoms with Crippen LogP contribution in [0.1, 0.15) is 38.1 Å². The Labute approximate surface area is 115 Å². The van der Waals surface area contributed by atoms with E-state index in [1.54, 1.807) is 0 Å². The molecule has 0 aliphatic rings. The maximum atomic E-state index is 6.24. The summed E-state index contributed by atoms with van der Waals surface area (Å²) in [6.07, 6.45) is 1.53. The summed E-state index contributed by atoms with van der Waals surface area (Å²) in [5, 5.41) is 6.63. The zero-order valence-electron chi connectivity index (χ0n) is 10.7. The van der Waals surface area contributed by atoms with Crippen LogP contribution < -0.4 is 5.73 Å². The van der Waals surface area contributed by atoms with Gasteiger partial charge in [0.05, 0.1) is 10.6 Å². The Morgan fingerprint density at radius 1 is 1.44 bits per heavy atom. The van der Waals surface area contributed by atoms with Crippen molar-refractivity contribution in [3.8, 4) is 10.8 Å². The van der Waals surface area contributed by atoms with Gasteiger partial charge in [-0.25, -0.2) is 0 Å². The molecule has 0 atom stereocenters. The lowest BCUT2D eigenvalue weighted by Gasteiger charge is -2.21. The predicted octanol–water partition coefficient (Wildman–Crippen LogP) is 3.73. The van der Waals surface area contributed by atoms with Gasteiger partial charge in [0.2, 0.25) is 0 Å². The van der Waals surface area contributed by atoms with E-state index in [2.05, 4.69) is 10.1 Å². The molecule has 2 heterocycles. The minimum absolute atomic E-state index is 0.449. The molecule has 2 N–H and O–H groups in total. The summed E-state index contributed by atoms with van der Waals surface area (Å²) in [7, 11) is 0. The molecule has 0 fully saturated rings. The van der Waals surface area contributed by atoms with Crippen molar-refractivity contribution < 1.29 is 4.52 Å². The van der Waals surface area contributed by atoms with Gasteiger partial charge < -0.3 is 10.3 Å². The Morgan fingerprint density at radius 2 is 2.11 bits per heavy atom. The van der Waals surface area contributed by atoms with E-state index in [1.807, 2.05) is 26.2 Å². The van der Waals surface area contributed by atoms with Crippen molar-refractivity contribution in [3.05, 3.63) is 21.8 Å². The molecular weight excluding hydrogens is 270 g/mol. The normalized spacial score (nSPS) is 12.1. The van der Waals surface area contributed by atoms with Gasteiger partial charge in [0.1, 0.15) is 4.88 Å². The highest BCUT2D eigenvalue weighted by Crippen LogP contribution is 2.36. The average Bonchev–Trinajstić information content (AvgIpc) is 2.98. The number of hydrogen-bond acceptors (Lipinski definition) is 5. The van der Waals surface area contributed by atoms with Crippen LogP contribution in [-0.2, 0) is 5.54 Å². The molecule has 0 aromatic carbocycles. The molecule has 18 heavy (non-hydrogen) atoms. The van der Waals surface area contributed by atoms with Gasteiger partial charge in [-0.1, -0.05) is 30.6 Å². The van der Waals surface area contributed by atoms with Crippen molar-refractivity contribution >= 4 is 22.9 Å². The lowest BCUT2D eigenvalue weighted by atomic mass is 9.93. The molecule has 2 aromatic heterocycles. The summed E-state index contributed by atoms with van der Waals surface area (Å²) >= 11 is 7.69. The summed E-state index contributed by atoms with van der Waals surface area (Å²) in [5.74, 6) is 0.995. The van der Waals surface area contributed by atoms with Crippen LogP contribution in [0.3, 0.4) is 0 Å². The Hall–Kier alpha value is -0.910. The van der Waals surface area contributed by atoms with E-state index in [1.165, 1.54) is 11.3 Å². The zero-order chi connectivity index (χ0) is 13.3. The summed E-state index contributed by atoms with van der Waals surface area (Å²) in [6.45, 7) is 5.98. The van der Waals surface area contributed by atoms with E-state index in [-0.39, 0.29) is 0 Å². The molecule has 0 aliphatic carbocycles. The van der Waals surface area contributed by atoms with Crippen molar-refractivity contribution in [2.75, 3.05) is 0 Å². The van der Waals surface area contributed by atoms with Gasteiger partial charge in [-0.3, -0.25) is 0 Å². The molecule has 0 bridgehead atoms. The monoisotopic (exact) mass is 285 g/mol. The van der Waals surface area contributed by atoms with Crippen LogP contribution >= 0.6 is 22.9 Å². The van der Waals surface area contributed by atoms with Gasteiger partial charge in [-0.05, 0) is 30.7 Å². The highest BCUT2D eigenvalue weighted by molar-refractivity contribution is 7.14. The van der Waals surface area contributed by atoms with Crippen LogP contribution in [0.15, 0.2) is 9.90 Å². The number of rotatable bonds is 4. The molecule has 2 rings (SSSR count). The number of aryl methyl sites for hydroxylation is 1. The van der Waals surface area contributed by atoms with Crippen molar-refractivity contribution in [2.45, 2.75) is 39.2 Å². The van der Waals surface area contributed by atoms with Crippen LogP contribution in [-0.4, -0.2) is 10.1 Å². The molecule has 0 radical (unpaired) electrons. The van der Waals surface area contributed by atoms with Gasteiger partial charge in [-0.15, -0.1) is 11.3 Å². The lowest BCUT2D eigenvalue weighted by Crippen LogP contribution is -2.36. The van der Waals surface area contributed by atoms with Crippen molar-refractivity contribution in [1.29, 1.82) is 0 Å². The molecular formula is C12H16ClN3OS. The first kappa shape index (κ1) is 13.5. The third kappa shape index (κ3) is 2.18. The fourth-order valence-corrected chi connectivity index (χ4v) is 2.85. The standard InChI is InChI=1S/C12H16ClN3OS/c1-4-12(14,5-2)11-15-10(17-16-11)9-8(13)7(3)6-18-9/h6H,4-5,14H2,1-3H3. The second kappa shape index (κ2) is 4.99. The minimum Gasteiger partial charge on any atom is -0.333 e. The maximum absolute atomic E-state index is 6.24. The number of nitrogens with two attached hydrogens (primary N) is 1. The summed E-state index contributed by atoms with van der Waals surface area (Å²) in [4.78, 5) is 5.20. The van der Waals surface area contributed by atoms with Gasteiger partial charge >= 0.3 is 0 Å². The summed E-state index contributed by atoms with van der Waals surface area (Å²) < 4.78 is 5.28. The van der Waals surface area contributed by atoms with Crippen LogP contribution in [0.2, 0.25) is 5.02 Å². The molecule has 0 aliphatic heterocycles. The number of nitrogens with zero attached hydrogens (tertiary/aromatic N) is 2. The van der Waals surface area contributed by atoms with E-state index in [4.69, 9.17) is 21.9 Å². The highest BCUT2D eigenvalue weighted by atomic mass is 35.5. The number of aromatic nitrogens is 2. The maximum Gasteiger partial charge on any atom is 0.269 e. The van der Waals surface area contributed by atoms with E-state index in [9.17, 15) is 0 Å². The number of halogens is 1. The molecule has 0 saturated heterocycles. The van der Waals surface area contributed by atoms with Gasteiger partial charge in [-0.2, -0.15) is 4.98 Å². The van der Waals surface area contributed by atoms with E-state index in [0.717, 1.165) is 23.3 Å². The third-order valence-corrected chi connectivity index (χ3v) is 4.91. The quantitative estimate of drug-likeness (QED) is 0.929. The molecule has 4 nitrogen and oxygen atoms in total. The lowest BCUT2D eigenvalue weighted by molar-refractivity contribution is 0.350. The first-order valence-electron chi connectivity index (χ1n) is 5.88. The summed E-state index contributed by atoms with van der Waals surface area (Å²) in [6, 6.07) is 0. The van der Waals surface area contributed by atoms with Crippen LogP contribution in [0.25, 0.3) is 10.8 Å². The first-order valence-corrected chi connectivity index (χ1v) is 7.14. The fraction of sp³-hybridized carbons (Fsp3) is 0.500. The van der Waals surface area contributed by atoms with Gasteiger partial charge in [0, 0.05) is 0 Å². The smallest absolute Gasteiger partial charge is 0.269 e.